The molecule has 0 heterocycles. The molecule has 0 radical (unpaired) electrons. The van der Waals surface area contributed by atoms with Crippen LogP contribution in [0.5, 0.6) is 0 Å². The smallest absolute Gasteiger partial charge is 0.256 e. The van der Waals surface area contributed by atoms with Crippen molar-refractivity contribution in [3.05, 3.63) is 34.9 Å². The van der Waals surface area contributed by atoms with Crippen LogP contribution < -0.4 is 0 Å². The first-order chi connectivity index (χ1) is 7.43. The SMILES string of the molecule is OC(O)O[SiH2]Cc1cc(F)c(F)c(F)c1F. The second-order valence-electron chi connectivity index (χ2n) is 2.91. The van der Waals surface area contributed by atoms with E-state index in [4.69, 9.17) is 10.2 Å². The van der Waals surface area contributed by atoms with Crippen molar-refractivity contribution in [2.24, 2.45) is 0 Å². The summed E-state index contributed by atoms with van der Waals surface area (Å²) in [6.07, 6.45) is 0. The lowest BCUT2D eigenvalue weighted by atomic mass is 10.2. The predicted molar refractivity (Wildman–Crippen MR) is 47.8 cm³/mol. The van der Waals surface area contributed by atoms with Gasteiger partial charge in [0.2, 0.25) is 0 Å². The van der Waals surface area contributed by atoms with Crippen molar-refractivity contribution in [1.82, 2.24) is 0 Å². The number of aliphatic hydroxyl groups is 2. The summed E-state index contributed by atoms with van der Waals surface area (Å²) >= 11 is 0. The normalized spacial score (nSPS) is 11.9. The van der Waals surface area contributed by atoms with Gasteiger partial charge in [-0.25, -0.2) is 17.6 Å². The third kappa shape index (κ3) is 3.01. The molecule has 0 saturated carbocycles. The number of benzene rings is 1. The van der Waals surface area contributed by atoms with Gasteiger partial charge < -0.3 is 14.6 Å². The molecular weight excluding hydrogens is 248 g/mol. The third-order valence-corrected chi connectivity index (χ3v) is 3.09. The lowest BCUT2D eigenvalue weighted by Gasteiger charge is -2.07. The zero-order chi connectivity index (χ0) is 12.3. The molecule has 0 aliphatic rings. The van der Waals surface area contributed by atoms with E-state index in [2.05, 4.69) is 4.43 Å². The maximum Gasteiger partial charge on any atom is 0.256 e. The molecule has 8 heteroatoms. The van der Waals surface area contributed by atoms with Gasteiger partial charge in [0.25, 0.3) is 6.48 Å². The van der Waals surface area contributed by atoms with Crippen LogP contribution in [0.4, 0.5) is 17.6 Å². The van der Waals surface area contributed by atoms with Gasteiger partial charge in [0, 0.05) is 0 Å². The molecule has 90 valence electrons. The summed E-state index contributed by atoms with van der Waals surface area (Å²) in [5.74, 6) is -6.73. The van der Waals surface area contributed by atoms with Crippen molar-refractivity contribution in [3.8, 4) is 0 Å². The quantitative estimate of drug-likeness (QED) is 0.264. The van der Waals surface area contributed by atoms with Crippen molar-refractivity contribution >= 4 is 9.76 Å². The Balaban J connectivity index is 2.81. The van der Waals surface area contributed by atoms with E-state index in [1.807, 2.05) is 0 Å². The average molecular weight is 256 g/mol. The number of halogens is 4. The highest BCUT2D eigenvalue weighted by molar-refractivity contribution is 6.26. The fourth-order valence-corrected chi connectivity index (χ4v) is 1.99. The largest absolute Gasteiger partial charge is 0.379 e. The van der Waals surface area contributed by atoms with Crippen molar-refractivity contribution in [2.75, 3.05) is 0 Å². The molecule has 3 nitrogen and oxygen atoms in total. The highest BCUT2D eigenvalue weighted by Gasteiger charge is 2.18. The van der Waals surface area contributed by atoms with Gasteiger partial charge in [-0.2, -0.15) is 0 Å². The van der Waals surface area contributed by atoms with E-state index in [1.165, 1.54) is 0 Å². The highest BCUT2D eigenvalue weighted by atomic mass is 28.2. The van der Waals surface area contributed by atoms with Crippen molar-refractivity contribution in [2.45, 2.75) is 12.5 Å². The molecule has 0 aliphatic carbocycles. The molecule has 0 amide bonds. The lowest BCUT2D eigenvalue weighted by Crippen LogP contribution is -2.16. The van der Waals surface area contributed by atoms with Crippen LogP contribution in [0.1, 0.15) is 5.56 Å². The van der Waals surface area contributed by atoms with Gasteiger partial charge in [0.15, 0.2) is 33.0 Å². The van der Waals surface area contributed by atoms with Crippen LogP contribution in [0.3, 0.4) is 0 Å². The Morgan fingerprint density at radius 3 is 2.31 bits per heavy atom. The second kappa shape index (κ2) is 5.39. The summed E-state index contributed by atoms with van der Waals surface area (Å²) in [5.41, 5.74) is -0.385. The highest BCUT2D eigenvalue weighted by Crippen LogP contribution is 2.18. The first kappa shape index (κ1) is 13.1. The minimum Gasteiger partial charge on any atom is -0.379 e. The van der Waals surface area contributed by atoms with Crippen LogP contribution in [0.2, 0.25) is 0 Å². The zero-order valence-corrected chi connectivity index (χ0v) is 9.30. The summed E-state index contributed by atoms with van der Waals surface area (Å²) in [7, 11) is -1.60. The van der Waals surface area contributed by atoms with E-state index in [9.17, 15) is 17.6 Å². The van der Waals surface area contributed by atoms with Gasteiger partial charge in [0.1, 0.15) is 0 Å². The van der Waals surface area contributed by atoms with Gasteiger partial charge in [-0.3, -0.25) is 0 Å². The molecule has 0 saturated heterocycles. The molecule has 0 atom stereocenters. The topological polar surface area (TPSA) is 49.7 Å². The molecule has 0 aromatic heterocycles. The first-order valence-electron chi connectivity index (χ1n) is 4.23. The van der Waals surface area contributed by atoms with Crippen LogP contribution >= 0.6 is 0 Å². The van der Waals surface area contributed by atoms with Crippen molar-refractivity contribution in [1.29, 1.82) is 0 Å². The maximum atomic E-state index is 13.0. The van der Waals surface area contributed by atoms with Crippen molar-refractivity contribution < 1.29 is 32.2 Å². The summed E-state index contributed by atoms with van der Waals surface area (Å²) in [5, 5.41) is 16.6. The minimum absolute atomic E-state index is 0.183. The van der Waals surface area contributed by atoms with Gasteiger partial charge in [0.05, 0.1) is 0 Å². The molecular formula is C8H8F4O3Si. The predicted octanol–water partition coefficient (Wildman–Crippen LogP) is 0.112. The fourth-order valence-electron chi connectivity index (χ4n) is 1.08. The molecule has 0 bridgehead atoms. The zero-order valence-electron chi connectivity index (χ0n) is 7.88. The summed E-state index contributed by atoms with van der Waals surface area (Å²) in [6, 6.07) is 0.339. The Labute approximate surface area is 90.2 Å². The first-order valence-corrected chi connectivity index (χ1v) is 5.80. The Morgan fingerprint density at radius 1 is 1.12 bits per heavy atom. The van der Waals surface area contributed by atoms with Gasteiger partial charge >= 0.3 is 0 Å². The molecule has 1 aromatic carbocycles. The lowest BCUT2D eigenvalue weighted by molar-refractivity contribution is -0.180. The molecule has 1 rings (SSSR count). The molecule has 16 heavy (non-hydrogen) atoms. The average Bonchev–Trinajstić information content (AvgIpc) is 2.22. The van der Waals surface area contributed by atoms with Gasteiger partial charge in [-0.1, -0.05) is 0 Å². The molecule has 0 unspecified atom stereocenters. The van der Waals surface area contributed by atoms with Crippen LogP contribution in [0, 0.1) is 23.3 Å². The number of hydrogen-bond acceptors (Lipinski definition) is 3. The summed E-state index contributed by atoms with van der Waals surface area (Å²) < 4.78 is 55.3. The van der Waals surface area contributed by atoms with Crippen LogP contribution in [-0.2, 0) is 10.5 Å². The number of hydrogen-bond donors (Lipinski definition) is 2. The van der Waals surface area contributed by atoms with E-state index in [1.54, 1.807) is 0 Å². The Kier molecular flexibility index (Phi) is 4.41. The van der Waals surface area contributed by atoms with Crippen LogP contribution in [0.15, 0.2) is 6.07 Å². The molecule has 1 aromatic rings. The van der Waals surface area contributed by atoms with Crippen LogP contribution in [0.25, 0.3) is 0 Å². The third-order valence-electron chi connectivity index (χ3n) is 1.82. The second-order valence-corrected chi connectivity index (χ2v) is 4.15. The minimum atomic E-state index is -2.00. The fraction of sp³-hybridized carbons (Fsp3) is 0.250. The van der Waals surface area contributed by atoms with E-state index < -0.39 is 39.5 Å². The molecule has 2 N–H and O–H groups in total. The van der Waals surface area contributed by atoms with E-state index >= 15 is 0 Å². The standard InChI is InChI=1S/C8H8F4O3Si/c9-4-1-3(2-16-15-8(13)14)5(10)7(12)6(4)11/h1,8,13-14H,2,16H2. The van der Waals surface area contributed by atoms with Crippen molar-refractivity contribution in [3.63, 3.8) is 0 Å². The van der Waals surface area contributed by atoms with Crippen LogP contribution in [-0.4, -0.2) is 26.5 Å². The Hall–Kier alpha value is -0.963. The van der Waals surface area contributed by atoms with E-state index in [0.29, 0.717) is 6.07 Å². The van der Waals surface area contributed by atoms with E-state index in [-0.39, 0.29) is 11.6 Å². The summed E-state index contributed by atoms with van der Waals surface area (Å²) in [4.78, 5) is 0. The number of rotatable bonds is 4. The summed E-state index contributed by atoms with van der Waals surface area (Å²) in [6.45, 7) is -2.00. The monoisotopic (exact) mass is 256 g/mol. The maximum absolute atomic E-state index is 13.0. The van der Waals surface area contributed by atoms with E-state index in [0.717, 1.165) is 0 Å². The Morgan fingerprint density at radius 2 is 1.75 bits per heavy atom. The number of aliphatic hydroxyl groups excluding tert-OH is 1. The van der Waals surface area contributed by atoms with Gasteiger partial charge in [-0.05, 0) is 17.7 Å². The Bertz CT molecular complexity index is 386. The molecule has 0 spiro atoms. The molecule has 0 fully saturated rings. The molecule has 0 aliphatic heterocycles. The van der Waals surface area contributed by atoms with Gasteiger partial charge in [-0.15, -0.1) is 0 Å².